The molecule has 3 rings (SSSR count). The van der Waals surface area contributed by atoms with Crippen molar-refractivity contribution in [2.24, 2.45) is 5.92 Å². The first kappa shape index (κ1) is 17.3. The summed E-state index contributed by atoms with van der Waals surface area (Å²) in [5.41, 5.74) is 1.13. The number of aryl methyl sites for hydroxylation is 2. The third-order valence-corrected chi connectivity index (χ3v) is 8.81. The largest absolute Gasteiger partial charge is 0.245 e. The molecule has 1 saturated heterocycles. The number of sulfone groups is 1. The van der Waals surface area contributed by atoms with E-state index in [1.807, 2.05) is 0 Å². The molecule has 2 heterocycles. The van der Waals surface area contributed by atoms with Crippen molar-refractivity contribution < 1.29 is 16.8 Å². The minimum atomic E-state index is -3.38. The second-order valence-electron chi connectivity index (χ2n) is 6.38. The summed E-state index contributed by atoms with van der Waals surface area (Å²) < 4.78 is 49.6. The molecule has 1 aliphatic heterocycles. The zero-order valence-electron chi connectivity index (χ0n) is 13.0. The van der Waals surface area contributed by atoms with Gasteiger partial charge in [0.15, 0.2) is 9.84 Å². The van der Waals surface area contributed by atoms with E-state index < -0.39 is 19.9 Å². The van der Waals surface area contributed by atoms with Gasteiger partial charge in [-0.1, -0.05) is 0 Å². The number of hydrogen-bond donors (Lipinski definition) is 1. The Kier molecular flexibility index (Phi) is 5.10. The lowest BCUT2D eigenvalue weighted by atomic mass is 10.0. The van der Waals surface area contributed by atoms with Gasteiger partial charge in [0, 0.05) is 4.88 Å². The van der Waals surface area contributed by atoms with Gasteiger partial charge in [-0.25, -0.2) is 26.5 Å². The summed E-state index contributed by atoms with van der Waals surface area (Å²) >= 11 is 1.60. The van der Waals surface area contributed by atoms with Crippen LogP contribution in [-0.4, -0.2) is 39.1 Å². The molecule has 1 aromatic rings. The summed E-state index contributed by atoms with van der Waals surface area (Å²) in [7, 11) is -6.33. The first-order valence-electron chi connectivity index (χ1n) is 7.98. The molecule has 1 aromatic heterocycles. The highest BCUT2D eigenvalue weighted by molar-refractivity contribution is 7.91. The van der Waals surface area contributed by atoms with E-state index in [4.69, 9.17) is 0 Å². The van der Waals surface area contributed by atoms with E-state index in [-0.39, 0.29) is 29.7 Å². The minimum absolute atomic E-state index is 0.0156. The van der Waals surface area contributed by atoms with Gasteiger partial charge in [0.1, 0.15) is 5.01 Å². The van der Waals surface area contributed by atoms with Gasteiger partial charge in [-0.15, -0.1) is 11.3 Å². The van der Waals surface area contributed by atoms with E-state index in [1.54, 1.807) is 11.3 Å². The third-order valence-electron chi connectivity index (χ3n) is 4.45. The molecule has 23 heavy (non-hydrogen) atoms. The molecule has 1 atom stereocenters. The summed E-state index contributed by atoms with van der Waals surface area (Å²) in [6.07, 6.45) is 5.38. The van der Waals surface area contributed by atoms with Crippen LogP contribution in [0.5, 0.6) is 0 Å². The normalized spacial score (nSPS) is 23.7. The van der Waals surface area contributed by atoms with Crippen LogP contribution in [0.4, 0.5) is 0 Å². The molecule has 130 valence electrons. The lowest BCUT2D eigenvalue weighted by molar-refractivity contribution is 0.544. The van der Waals surface area contributed by atoms with Crippen LogP contribution in [-0.2, 0) is 39.2 Å². The molecule has 1 unspecified atom stereocenters. The molecule has 0 spiro atoms. The zero-order valence-corrected chi connectivity index (χ0v) is 15.4. The molecule has 0 aromatic carbocycles. The average Bonchev–Trinajstić information content (AvgIpc) is 3.06. The summed E-state index contributed by atoms with van der Waals surface area (Å²) in [4.78, 5) is 5.82. The lowest BCUT2D eigenvalue weighted by Gasteiger charge is -2.08. The molecule has 1 aliphatic carbocycles. The summed E-state index contributed by atoms with van der Waals surface area (Å²) in [6, 6.07) is 0. The van der Waals surface area contributed by atoms with E-state index in [0.717, 1.165) is 30.0 Å². The maximum absolute atomic E-state index is 12.1. The summed E-state index contributed by atoms with van der Waals surface area (Å²) in [5.74, 6) is 0.277. The number of thiazole rings is 1. The number of sulfonamides is 1. The van der Waals surface area contributed by atoms with Crippen LogP contribution in [0.25, 0.3) is 0 Å². The fourth-order valence-corrected chi connectivity index (χ4v) is 7.39. The van der Waals surface area contributed by atoms with Gasteiger partial charge in [-0.3, -0.25) is 0 Å². The minimum Gasteiger partial charge on any atom is -0.245 e. The van der Waals surface area contributed by atoms with E-state index in [1.165, 1.54) is 11.3 Å². The van der Waals surface area contributed by atoms with Crippen LogP contribution in [0.2, 0.25) is 0 Å². The van der Waals surface area contributed by atoms with Gasteiger partial charge < -0.3 is 0 Å². The Balaban J connectivity index is 1.50. The Morgan fingerprint density at radius 2 is 2.04 bits per heavy atom. The Morgan fingerprint density at radius 1 is 1.26 bits per heavy atom. The predicted octanol–water partition coefficient (Wildman–Crippen LogP) is 1.27. The molecule has 0 radical (unpaired) electrons. The molecule has 9 heteroatoms. The zero-order chi connectivity index (χ0) is 16.5. The number of hydrogen-bond acceptors (Lipinski definition) is 6. The van der Waals surface area contributed by atoms with Crippen molar-refractivity contribution >= 4 is 31.2 Å². The molecule has 6 nitrogen and oxygen atoms in total. The van der Waals surface area contributed by atoms with Crippen molar-refractivity contribution in [1.82, 2.24) is 9.71 Å². The van der Waals surface area contributed by atoms with Crippen LogP contribution in [0.1, 0.15) is 41.3 Å². The second kappa shape index (κ2) is 6.78. The van der Waals surface area contributed by atoms with Crippen molar-refractivity contribution in [2.45, 2.75) is 45.1 Å². The molecule has 1 N–H and O–H groups in total. The smallest absolute Gasteiger partial charge is 0.211 e. The van der Waals surface area contributed by atoms with E-state index >= 15 is 0 Å². The number of aromatic nitrogens is 1. The highest BCUT2D eigenvalue weighted by Crippen LogP contribution is 2.26. The van der Waals surface area contributed by atoms with Gasteiger partial charge in [0.25, 0.3) is 0 Å². The van der Waals surface area contributed by atoms with E-state index in [0.29, 0.717) is 12.8 Å². The van der Waals surface area contributed by atoms with Crippen LogP contribution in [0.3, 0.4) is 0 Å². The summed E-state index contributed by atoms with van der Waals surface area (Å²) in [6.45, 7) is 0.239. The van der Waals surface area contributed by atoms with Crippen molar-refractivity contribution in [1.29, 1.82) is 0 Å². The number of nitrogens with one attached hydrogen (secondary N) is 1. The molecule has 2 aliphatic rings. The van der Waals surface area contributed by atoms with Crippen molar-refractivity contribution in [2.75, 3.05) is 17.3 Å². The van der Waals surface area contributed by atoms with Crippen molar-refractivity contribution in [3.05, 3.63) is 15.6 Å². The highest BCUT2D eigenvalue weighted by atomic mass is 32.2. The van der Waals surface area contributed by atoms with E-state index in [2.05, 4.69) is 9.71 Å². The van der Waals surface area contributed by atoms with Gasteiger partial charge >= 0.3 is 0 Å². The van der Waals surface area contributed by atoms with Gasteiger partial charge in [-0.05, 0) is 44.4 Å². The molecular weight excluding hydrogens is 356 g/mol. The van der Waals surface area contributed by atoms with Crippen molar-refractivity contribution in [3.8, 4) is 0 Å². The molecule has 0 bridgehead atoms. The molecule has 1 fully saturated rings. The SMILES string of the molecule is O=S1(=O)CCC(CCS(=O)(=O)NCc2nc3c(s2)CCCC3)C1. The topological polar surface area (TPSA) is 93.2 Å². The van der Waals surface area contributed by atoms with Gasteiger partial charge in [0.2, 0.25) is 10.0 Å². The highest BCUT2D eigenvalue weighted by Gasteiger charge is 2.28. The van der Waals surface area contributed by atoms with Crippen LogP contribution < -0.4 is 4.72 Å². The quantitative estimate of drug-likeness (QED) is 0.804. The van der Waals surface area contributed by atoms with Crippen LogP contribution in [0, 0.1) is 5.92 Å². The third kappa shape index (κ3) is 4.74. The molecule has 0 amide bonds. The Bertz CT molecular complexity index is 744. The first-order valence-corrected chi connectivity index (χ1v) is 12.3. The second-order valence-corrected chi connectivity index (χ2v) is 11.7. The standard InChI is InChI=1S/C14H22N2O4S3/c17-22(18)7-5-11(10-22)6-8-23(19,20)15-9-14-16-12-3-1-2-4-13(12)21-14/h11,15H,1-10H2. The lowest BCUT2D eigenvalue weighted by Crippen LogP contribution is -2.27. The van der Waals surface area contributed by atoms with Crippen LogP contribution >= 0.6 is 11.3 Å². The van der Waals surface area contributed by atoms with E-state index in [9.17, 15) is 16.8 Å². The fraction of sp³-hybridized carbons (Fsp3) is 0.786. The maximum Gasteiger partial charge on any atom is 0.211 e. The number of fused-ring (bicyclic) bond motifs is 1. The van der Waals surface area contributed by atoms with Gasteiger partial charge in [0.05, 0.1) is 29.5 Å². The van der Waals surface area contributed by atoms with Gasteiger partial charge in [-0.2, -0.15) is 0 Å². The van der Waals surface area contributed by atoms with Crippen LogP contribution in [0.15, 0.2) is 0 Å². The fourth-order valence-electron chi connectivity index (χ4n) is 3.15. The Labute approximate surface area is 141 Å². The maximum atomic E-state index is 12.1. The Hall–Kier alpha value is -0.510. The number of nitrogens with zero attached hydrogens (tertiary/aromatic N) is 1. The van der Waals surface area contributed by atoms with Crippen molar-refractivity contribution in [3.63, 3.8) is 0 Å². The monoisotopic (exact) mass is 378 g/mol. The molecule has 0 saturated carbocycles. The Morgan fingerprint density at radius 3 is 2.74 bits per heavy atom. The number of rotatable bonds is 6. The molecular formula is C14H22N2O4S3. The summed E-state index contributed by atoms with van der Waals surface area (Å²) in [5, 5.41) is 0.823. The average molecular weight is 379 g/mol. The predicted molar refractivity (Wildman–Crippen MR) is 90.8 cm³/mol. The first-order chi connectivity index (χ1) is 10.8.